The quantitative estimate of drug-likeness (QED) is 0.259. The molecule has 3 aliphatic carbocycles. The fourth-order valence-electron chi connectivity index (χ4n) is 6.98. The molecule has 0 aromatic heterocycles. The van der Waals surface area contributed by atoms with E-state index in [9.17, 15) is 0 Å². The van der Waals surface area contributed by atoms with E-state index in [1.807, 2.05) is 0 Å². The van der Waals surface area contributed by atoms with Gasteiger partial charge in [0.05, 0.1) is 0 Å². The average Bonchev–Trinajstić information content (AvgIpc) is 2.93. The largest absolute Gasteiger partial charge is 0.109 e. The molecule has 0 N–H and O–H groups in total. The van der Waals surface area contributed by atoms with Crippen LogP contribution in [0, 0.1) is 23.2 Å². The molecule has 5 unspecified atom stereocenters. The second-order valence-electron chi connectivity index (χ2n) is 10.2. The molecule has 0 spiro atoms. The van der Waals surface area contributed by atoms with Gasteiger partial charge in [0.15, 0.2) is 0 Å². The first-order chi connectivity index (χ1) is 13.8. The maximum atomic E-state index is 4.58. The Morgan fingerprint density at radius 2 is 2.03 bits per heavy atom. The van der Waals surface area contributed by atoms with Gasteiger partial charge >= 0.3 is 0 Å². The second-order valence-corrected chi connectivity index (χ2v) is 14.3. The summed E-state index contributed by atoms with van der Waals surface area (Å²) in [6.07, 6.45) is 12.2. The van der Waals surface area contributed by atoms with Gasteiger partial charge in [0, 0.05) is 8.95 Å². The van der Waals surface area contributed by atoms with Crippen LogP contribution in [0.4, 0.5) is 0 Å². The minimum absolute atomic E-state index is 0.0529. The molecule has 3 aliphatic rings. The molecule has 0 heterocycles. The minimum atomic E-state index is 0.0529. The van der Waals surface area contributed by atoms with Crippen molar-refractivity contribution in [2.75, 3.05) is 13.3 Å². The van der Waals surface area contributed by atoms with E-state index in [-0.39, 0.29) is 7.92 Å². The molecule has 0 aliphatic heterocycles. The molecule has 0 radical (unpaired) electrons. The van der Waals surface area contributed by atoms with Gasteiger partial charge in [-0.25, -0.2) is 0 Å². The summed E-state index contributed by atoms with van der Waals surface area (Å²) in [4.78, 5) is 0. The Labute approximate surface area is 196 Å². The summed E-state index contributed by atoms with van der Waals surface area (Å²) in [6.45, 7) is 15.9. The maximum absolute atomic E-state index is 4.58. The van der Waals surface area contributed by atoms with Crippen molar-refractivity contribution in [1.82, 2.24) is 0 Å². The Morgan fingerprint density at radius 3 is 2.72 bits per heavy atom. The summed E-state index contributed by atoms with van der Waals surface area (Å²) in [6, 6.07) is 2.51. The summed E-state index contributed by atoms with van der Waals surface area (Å²) < 4.78 is 2.73. The molecule has 29 heavy (non-hydrogen) atoms. The zero-order valence-electron chi connectivity index (χ0n) is 18.2. The number of allylic oxidation sites excluding steroid dienone is 2. The first kappa shape index (κ1) is 22.3. The number of benzene rings is 1. The monoisotopic (exact) mass is 536 g/mol. The average molecular weight is 538 g/mol. The van der Waals surface area contributed by atoms with Crippen LogP contribution in [0.25, 0.3) is 0 Å². The number of hydrogen-bond donors (Lipinski definition) is 0. The predicted molar refractivity (Wildman–Crippen MR) is 136 cm³/mol. The molecule has 0 nitrogen and oxygen atoms in total. The van der Waals surface area contributed by atoms with Gasteiger partial charge in [-0.2, -0.15) is 0 Å². The van der Waals surface area contributed by atoms with Crippen molar-refractivity contribution in [3.8, 4) is 0 Å². The fraction of sp³-hybridized carbons (Fsp3) is 0.615. The molecule has 0 bridgehead atoms. The van der Waals surface area contributed by atoms with Gasteiger partial charge < -0.3 is 0 Å². The van der Waals surface area contributed by atoms with Crippen molar-refractivity contribution in [1.29, 1.82) is 0 Å². The highest BCUT2D eigenvalue weighted by Gasteiger charge is 2.55. The highest BCUT2D eigenvalue weighted by molar-refractivity contribution is 9.11. The van der Waals surface area contributed by atoms with E-state index in [1.165, 1.54) is 64.8 Å². The van der Waals surface area contributed by atoms with Gasteiger partial charge in [-0.05, 0) is 116 Å². The van der Waals surface area contributed by atoms with Gasteiger partial charge in [0.25, 0.3) is 0 Å². The van der Waals surface area contributed by atoms with Crippen LogP contribution in [0.15, 0.2) is 39.8 Å². The summed E-state index contributed by atoms with van der Waals surface area (Å²) in [5, 5.41) is 0. The summed E-state index contributed by atoms with van der Waals surface area (Å²) >= 11 is 7.99. The van der Waals surface area contributed by atoms with Crippen molar-refractivity contribution < 1.29 is 0 Å². The second kappa shape index (κ2) is 8.55. The van der Waals surface area contributed by atoms with E-state index in [0.717, 1.165) is 30.1 Å². The smallest absolute Gasteiger partial charge is 0.0257 e. The molecular weight excluding hydrogens is 503 g/mol. The topological polar surface area (TPSA) is 0 Å². The number of hydrogen-bond acceptors (Lipinski definition) is 0. The predicted octanol–water partition coefficient (Wildman–Crippen LogP) is 9.06. The van der Waals surface area contributed by atoms with E-state index in [4.69, 9.17) is 0 Å². The molecule has 1 aromatic carbocycles. The van der Waals surface area contributed by atoms with Gasteiger partial charge in [0.1, 0.15) is 0 Å². The van der Waals surface area contributed by atoms with Crippen LogP contribution in [-0.4, -0.2) is 13.3 Å². The lowest BCUT2D eigenvalue weighted by molar-refractivity contribution is 0.0480. The molecule has 0 saturated heterocycles. The van der Waals surface area contributed by atoms with Gasteiger partial charge in [-0.1, -0.05) is 57.0 Å². The molecule has 158 valence electrons. The van der Waals surface area contributed by atoms with Crippen LogP contribution in [0.1, 0.15) is 68.1 Å². The zero-order chi connectivity index (χ0) is 20.9. The van der Waals surface area contributed by atoms with E-state index in [2.05, 4.69) is 77.4 Å². The molecule has 4 rings (SSSR count). The van der Waals surface area contributed by atoms with E-state index < -0.39 is 0 Å². The third kappa shape index (κ3) is 3.78. The number of fused-ring (bicyclic) bond motifs is 5. The van der Waals surface area contributed by atoms with Crippen molar-refractivity contribution >= 4 is 39.8 Å². The zero-order valence-corrected chi connectivity index (χ0v) is 22.3. The molecule has 1 aromatic rings. The lowest BCUT2D eigenvalue weighted by atomic mass is 9.53. The summed E-state index contributed by atoms with van der Waals surface area (Å²) in [5.74, 6) is 3.14. The first-order valence-electron chi connectivity index (χ1n) is 11.2. The first-order valence-corrected chi connectivity index (χ1v) is 15.2. The Hall–Kier alpha value is 0.0900. The third-order valence-corrected chi connectivity index (χ3v) is 10.9. The summed E-state index contributed by atoms with van der Waals surface area (Å²) in [7, 11) is 0.0529. The summed E-state index contributed by atoms with van der Waals surface area (Å²) in [5.41, 5.74) is 6.65. The normalized spacial score (nSPS) is 33.4. The van der Waals surface area contributed by atoms with Crippen LogP contribution in [0.2, 0.25) is 0 Å². The third-order valence-electron chi connectivity index (χ3n) is 8.30. The molecule has 3 heteroatoms. The van der Waals surface area contributed by atoms with Crippen molar-refractivity contribution in [3.63, 3.8) is 0 Å². The van der Waals surface area contributed by atoms with Crippen LogP contribution >= 0.6 is 39.8 Å². The van der Waals surface area contributed by atoms with Crippen molar-refractivity contribution in [2.24, 2.45) is 23.2 Å². The van der Waals surface area contributed by atoms with Gasteiger partial charge in [-0.15, -0.1) is 14.5 Å². The van der Waals surface area contributed by atoms with Crippen molar-refractivity contribution in [3.05, 3.63) is 56.5 Å². The van der Waals surface area contributed by atoms with Crippen LogP contribution in [0.5, 0.6) is 0 Å². The van der Waals surface area contributed by atoms with Crippen LogP contribution in [-0.2, 0) is 12.6 Å². The Kier molecular flexibility index (Phi) is 6.57. The highest BCUT2D eigenvalue weighted by Crippen LogP contribution is 2.65. The Balaban J connectivity index is 1.71. The highest BCUT2D eigenvalue weighted by atomic mass is 79.9. The minimum Gasteiger partial charge on any atom is -0.109 e. The van der Waals surface area contributed by atoms with Gasteiger partial charge in [0.2, 0.25) is 0 Å². The standard InChI is InChI=1S/C26H35Br2P/c1-6-7-8-17-13-16(2)26(3)12-11-18-19(24(17)26)9-10-20-21(18)14-23(27)22(25(20)28)15-29(4)5/h6,14,17-19,24H,1-2,7-13,15H2,3-5H3. The lowest BCUT2D eigenvalue weighted by Crippen LogP contribution is -2.42. The Bertz CT molecular complexity index is 826. The SMILES string of the molecule is C=CCCC1CC(=C)C2(C)CCC3c4cc(Br)c(CP(C)C)c(Br)c4CCC3C12. The van der Waals surface area contributed by atoms with E-state index >= 15 is 0 Å². The lowest BCUT2D eigenvalue weighted by Gasteiger charge is -2.51. The molecule has 5 atom stereocenters. The van der Waals surface area contributed by atoms with E-state index in [1.54, 1.807) is 11.1 Å². The maximum Gasteiger partial charge on any atom is 0.0257 e. The molecule has 0 amide bonds. The molecule has 2 saturated carbocycles. The van der Waals surface area contributed by atoms with Gasteiger partial charge in [-0.3, -0.25) is 0 Å². The van der Waals surface area contributed by atoms with Crippen molar-refractivity contribution in [2.45, 2.75) is 63.9 Å². The number of halogens is 2. The fourth-order valence-corrected chi connectivity index (χ4v) is 10.0. The molecule has 2 fully saturated rings. The van der Waals surface area contributed by atoms with Crippen LogP contribution < -0.4 is 0 Å². The Morgan fingerprint density at radius 1 is 1.28 bits per heavy atom. The number of rotatable bonds is 5. The van der Waals surface area contributed by atoms with E-state index in [0.29, 0.717) is 5.41 Å². The van der Waals surface area contributed by atoms with Crippen LogP contribution in [0.3, 0.4) is 0 Å². The molecular formula is C26H35Br2P.